The van der Waals surface area contributed by atoms with E-state index in [9.17, 15) is 4.79 Å². The van der Waals surface area contributed by atoms with Crippen LogP contribution in [0.3, 0.4) is 0 Å². The van der Waals surface area contributed by atoms with E-state index in [4.69, 9.17) is 10.5 Å². The molecule has 0 aliphatic carbocycles. The number of nitrogens with zero attached hydrogens (tertiary/aromatic N) is 3. The van der Waals surface area contributed by atoms with Gasteiger partial charge in [-0.1, -0.05) is 0 Å². The number of imidazole rings is 1. The minimum absolute atomic E-state index is 0.0249. The van der Waals surface area contributed by atoms with E-state index in [1.54, 1.807) is 12.5 Å². The summed E-state index contributed by atoms with van der Waals surface area (Å²) in [5.74, 6) is -0.0249. The van der Waals surface area contributed by atoms with Crippen molar-refractivity contribution in [2.45, 2.75) is 26.0 Å². The second kappa shape index (κ2) is 5.97. The van der Waals surface area contributed by atoms with Crippen molar-refractivity contribution in [2.75, 3.05) is 26.2 Å². The lowest BCUT2D eigenvalue weighted by Gasteiger charge is -2.20. The topological polar surface area (TPSA) is 73.4 Å². The first-order chi connectivity index (χ1) is 8.70. The smallest absolute Gasteiger partial charge is 0.274 e. The van der Waals surface area contributed by atoms with Gasteiger partial charge in [0.1, 0.15) is 5.69 Å². The lowest BCUT2D eigenvalue weighted by Crippen LogP contribution is -2.36. The molecule has 1 atom stereocenters. The number of rotatable bonds is 3. The number of aromatic nitrogens is 2. The van der Waals surface area contributed by atoms with Crippen molar-refractivity contribution < 1.29 is 9.53 Å². The highest BCUT2D eigenvalue weighted by molar-refractivity contribution is 5.92. The second-order valence-corrected chi connectivity index (χ2v) is 4.57. The SMILES string of the molecule is CC1CN(C(=O)c2cn(CCN)cn2)CCCO1. The summed E-state index contributed by atoms with van der Waals surface area (Å²) in [6.45, 7) is 5.28. The molecule has 18 heavy (non-hydrogen) atoms. The lowest BCUT2D eigenvalue weighted by atomic mass is 10.3. The van der Waals surface area contributed by atoms with Crippen molar-refractivity contribution in [3.63, 3.8) is 0 Å². The van der Waals surface area contributed by atoms with E-state index in [2.05, 4.69) is 4.98 Å². The van der Waals surface area contributed by atoms with Crippen molar-refractivity contribution in [3.05, 3.63) is 18.2 Å². The minimum Gasteiger partial charge on any atom is -0.377 e. The molecule has 1 aromatic rings. The fourth-order valence-electron chi connectivity index (χ4n) is 2.08. The third-order valence-corrected chi connectivity index (χ3v) is 2.98. The van der Waals surface area contributed by atoms with Crippen molar-refractivity contribution in [2.24, 2.45) is 5.73 Å². The number of carbonyl (C=O) groups excluding carboxylic acids is 1. The molecule has 1 aromatic heterocycles. The van der Waals surface area contributed by atoms with E-state index in [1.165, 1.54) is 0 Å². The molecule has 0 spiro atoms. The van der Waals surface area contributed by atoms with E-state index < -0.39 is 0 Å². The molecule has 0 radical (unpaired) electrons. The molecule has 6 heteroatoms. The maximum atomic E-state index is 12.3. The van der Waals surface area contributed by atoms with Crippen LogP contribution >= 0.6 is 0 Å². The summed E-state index contributed by atoms with van der Waals surface area (Å²) in [4.78, 5) is 18.2. The van der Waals surface area contributed by atoms with Gasteiger partial charge in [-0.05, 0) is 13.3 Å². The first-order valence-electron chi connectivity index (χ1n) is 6.33. The fourth-order valence-corrected chi connectivity index (χ4v) is 2.08. The predicted octanol–water partition coefficient (Wildman–Crippen LogP) is 0.0928. The van der Waals surface area contributed by atoms with Gasteiger partial charge in [0.25, 0.3) is 5.91 Å². The molecule has 100 valence electrons. The molecule has 1 unspecified atom stereocenters. The Labute approximate surface area is 107 Å². The molecule has 6 nitrogen and oxygen atoms in total. The van der Waals surface area contributed by atoms with Gasteiger partial charge in [-0.3, -0.25) is 4.79 Å². The Kier molecular flexibility index (Phi) is 4.33. The number of amides is 1. The Morgan fingerprint density at radius 3 is 3.28 bits per heavy atom. The summed E-state index contributed by atoms with van der Waals surface area (Å²) < 4.78 is 7.37. The van der Waals surface area contributed by atoms with Crippen LogP contribution in [0.1, 0.15) is 23.8 Å². The predicted molar refractivity (Wildman–Crippen MR) is 67.2 cm³/mol. The van der Waals surface area contributed by atoms with Gasteiger partial charge in [0.2, 0.25) is 0 Å². The Balaban J connectivity index is 2.04. The minimum atomic E-state index is -0.0249. The molecule has 1 amide bonds. The highest BCUT2D eigenvalue weighted by atomic mass is 16.5. The van der Waals surface area contributed by atoms with Crippen LogP contribution in [0.2, 0.25) is 0 Å². The summed E-state index contributed by atoms with van der Waals surface area (Å²) in [6, 6.07) is 0. The number of ether oxygens (including phenoxy) is 1. The lowest BCUT2D eigenvalue weighted by molar-refractivity contribution is 0.0559. The van der Waals surface area contributed by atoms with Crippen molar-refractivity contribution in [1.29, 1.82) is 0 Å². The van der Waals surface area contributed by atoms with E-state index >= 15 is 0 Å². The first-order valence-corrected chi connectivity index (χ1v) is 6.33. The number of hydrogen-bond acceptors (Lipinski definition) is 4. The highest BCUT2D eigenvalue weighted by Crippen LogP contribution is 2.09. The number of carbonyl (C=O) groups is 1. The standard InChI is InChI=1S/C12H20N4O2/c1-10-7-16(4-2-6-18-10)12(17)11-8-15(5-3-13)9-14-11/h8-10H,2-7,13H2,1H3. The molecule has 2 heterocycles. The Hall–Kier alpha value is -1.40. The summed E-state index contributed by atoms with van der Waals surface area (Å²) in [5.41, 5.74) is 5.95. The number of nitrogens with two attached hydrogens (primary N) is 1. The van der Waals surface area contributed by atoms with E-state index in [1.807, 2.05) is 16.4 Å². The first kappa shape index (κ1) is 13.0. The largest absolute Gasteiger partial charge is 0.377 e. The molecule has 2 rings (SSSR count). The van der Waals surface area contributed by atoms with Crippen molar-refractivity contribution >= 4 is 5.91 Å². The van der Waals surface area contributed by atoms with E-state index in [-0.39, 0.29) is 12.0 Å². The van der Waals surface area contributed by atoms with Gasteiger partial charge in [0, 0.05) is 39.0 Å². The molecule has 1 fully saturated rings. The van der Waals surface area contributed by atoms with Gasteiger partial charge in [0.05, 0.1) is 12.4 Å². The third-order valence-electron chi connectivity index (χ3n) is 2.98. The fraction of sp³-hybridized carbons (Fsp3) is 0.667. The van der Waals surface area contributed by atoms with Gasteiger partial charge in [-0.15, -0.1) is 0 Å². The van der Waals surface area contributed by atoms with Crippen molar-refractivity contribution in [3.8, 4) is 0 Å². The summed E-state index contributed by atoms with van der Waals surface area (Å²) in [6.07, 6.45) is 4.37. The normalized spacial score (nSPS) is 20.8. The monoisotopic (exact) mass is 252 g/mol. The summed E-state index contributed by atoms with van der Waals surface area (Å²) >= 11 is 0. The Bertz CT molecular complexity index is 405. The molecule has 2 N–H and O–H groups in total. The van der Waals surface area contributed by atoms with Crippen LogP contribution in [-0.2, 0) is 11.3 Å². The van der Waals surface area contributed by atoms with Gasteiger partial charge >= 0.3 is 0 Å². The highest BCUT2D eigenvalue weighted by Gasteiger charge is 2.22. The van der Waals surface area contributed by atoms with Gasteiger partial charge < -0.3 is 19.9 Å². The van der Waals surface area contributed by atoms with Crippen LogP contribution in [0, 0.1) is 0 Å². The molecule has 0 bridgehead atoms. The zero-order valence-corrected chi connectivity index (χ0v) is 10.7. The quantitative estimate of drug-likeness (QED) is 0.827. The summed E-state index contributed by atoms with van der Waals surface area (Å²) in [5, 5.41) is 0. The van der Waals surface area contributed by atoms with E-state index in [0.717, 1.165) is 13.0 Å². The van der Waals surface area contributed by atoms with Crippen LogP contribution in [0.15, 0.2) is 12.5 Å². The van der Waals surface area contributed by atoms with Gasteiger partial charge in [-0.25, -0.2) is 4.98 Å². The average Bonchev–Trinajstić information content (AvgIpc) is 2.70. The van der Waals surface area contributed by atoms with Crippen LogP contribution in [-0.4, -0.2) is 52.7 Å². The molecule has 0 saturated carbocycles. The maximum Gasteiger partial charge on any atom is 0.274 e. The average molecular weight is 252 g/mol. The zero-order chi connectivity index (χ0) is 13.0. The molecule has 0 aromatic carbocycles. The molecule has 1 aliphatic rings. The Morgan fingerprint density at radius 2 is 2.50 bits per heavy atom. The molecule has 1 saturated heterocycles. The molecular formula is C12H20N4O2. The van der Waals surface area contributed by atoms with Crippen molar-refractivity contribution in [1.82, 2.24) is 14.5 Å². The number of hydrogen-bond donors (Lipinski definition) is 1. The van der Waals surface area contributed by atoms with Gasteiger partial charge in [0.15, 0.2) is 0 Å². The van der Waals surface area contributed by atoms with Crippen LogP contribution in [0.4, 0.5) is 0 Å². The molecular weight excluding hydrogens is 232 g/mol. The second-order valence-electron chi connectivity index (χ2n) is 4.57. The Morgan fingerprint density at radius 1 is 1.67 bits per heavy atom. The van der Waals surface area contributed by atoms with Crippen LogP contribution in [0.5, 0.6) is 0 Å². The third kappa shape index (κ3) is 3.08. The zero-order valence-electron chi connectivity index (χ0n) is 10.7. The molecule has 1 aliphatic heterocycles. The summed E-state index contributed by atoms with van der Waals surface area (Å²) in [7, 11) is 0. The van der Waals surface area contributed by atoms with Crippen LogP contribution in [0.25, 0.3) is 0 Å². The van der Waals surface area contributed by atoms with Crippen LogP contribution < -0.4 is 5.73 Å². The van der Waals surface area contributed by atoms with E-state index in [0.29, 0.717) is 31.9 Å². The van der Waals surface area contributed by atoms with Gasteiger partial charge in [-0.2, -0.15) is 0 Å². The maximum absolute atomic E-state index is 12.3.